The van der Waals surface area contributed by atoms with Gasteiger partial charge in [0.1, 0.15) is 17.0 Å². The monoisotopic (exact) mass is 383 g/mol. The first kappa shape index (κ1) is 17.5. The molecule has 132 valence electrons. The summed E-state index contributed by atoms with van der Waals surface area (Å²) in [5.41, 5.74) is 5.99. The molecule has 0 aliphatic carbocycles. The minimum atomic E-state index is -4.16. The molecule has 0 aliphatic rings. The summed E-state index contributed by atoms with van der Waals surface area (Å²) in [5.74, 6) is -0.221. The van der Waals surface area contributed by atoms with Gasteiger partial charge in [-0.25, -0.2) is 12.4 Å². The van der Waals surface area contributed by atoms with Crippen molar-refractivity contribution in [3.8, 4) is 5.75 Å². The average molecular weight is 384 g/mol. The van der Waals surface area contributed by atoms with Gasteiger partial charge in [-0.3, -0.25) is 10.4 Å². The molecular weight excluding hydrogens is 370 g/mol. The van der Waals surface area contributed by atoms with Gasteiger partial charge in [-0.15, -0.1) is 5.23 Å². The fourth-order valence-electron chi connectivity index (χ4n) is 2.57. The maximum Gasteiger partial charge on any atom is 0.268 e. The van der Waals surface area contributed by atoms with Crippen molar-refractivity contribution in [2.24, 2.45) is 5.73 Å². The van der Waals surface area contributed by atoms with Gasteiger partial charge in [-0.1, -0.05) is 23.7 Å². The molecule has 0 fully saturated rings. The largest absolute Gasteiger partial charge is 0.506 e. The molecule has 0 saturated carbocycles. The van der Waals surface area contributed by atoms with E-state index in [1.54, 1.807) is 12.1 Å². The second-order valence-electron chi connectivity index (χ2n) is 5.24. The average Bonchev–Trinajstić information content (AvgIpc) is 2.95. The van der Waals surface area contributed by atoms with Crippen LogP contribution in [0.3, 0.4) is 0 Å². The van der Waals surface area contributed by atoms with Crippen LogP contribution in [0.5, 0.6) is 5.75 Å². The Morgan fingerprint density at radius 2 is 1.92 bits per heavy atom. The van der Waals surface area contributed by atoms with Crippen LogP contribution in [0.4, 0.5) is 5.69 Å². The summed E-state index contributed by atoms with van der Waals surface area (Å²) in [5, 5.41) is 28.7. The number of fused-ring (bicyclic) bond motifs is 1. The molecule has 0 spiro atoms. The van der Waals surface area contributed by atoms with Crippen molar-refractivity contribution >= 4 is 38.2 Å². The molecule has 1 aromatic heterocycles. The molecule has 1 heterocycles. The fraction of sp³-hybridized carbons (Fsp3) is 0.0667. The van der Waals surface area contributed by atoms with E-state index in [1.807, 2.05) is 0 Å². The van der Waals surface area contributed by atoms with E-state index >= 15 is 0 Å². The summed E-state index contributed by atoms with van der Waals surface area (Å²) in [4.78, 5) is -0.247. The van der Waals surface area contributed by atoms with Crippen LogP contribution in [-0.2, 0) is 16.6 Å². The van der Waals surface area contributed by atoms with E-state index in [0.29, 0.717) is 10.9 Å². The predicted molar refractivity (Wildman–Crippen MR) is 91.6 cm³/mol. The highest BCUT2D eigenvalue weighted by Gasteiger charge is 2.24. The number of halogens is 1. The Morgan fingerprint density at radius 3 is 2.56 bits per heavy atom. The number of aromatic nitrogens is 1. The van der Waals surface area contributed by atoms with Crippen LogP contribution in [0, 0.1) is 0 Å². The van der Waals surface area contributed by atoms with E-state index in [2.05, 4.69) is 0 Å². The number of rotatable bonds is 4. The van der Waals surface area contributed by atoms with Crippen molar-refractivity contribution in [3.05, 3.63) is 53.2 Å². The molecule has 8 nitrogen and oxygen atoms in total. The van der Waals surface area contributed by atoms with E-state index in [0.717, 1.165) is 10.0 Å². The van der Waals surface area contributed by atoms with E-state index in [1.165, 1.54) is 24.4 Å². The van der Waals surface area contributed by atoms with Gasteiger partial charge in [-0.2, -0.15) is 0 Å². The highest BCUT2D eigenvalue weighted by molar-refractivity contribution is 7.90. The van der Waals surface area contributed by atoms with Crippen molar-refractivity contribution in [2.45, 2.75) is 11.4 Å². The second-order valence-corrected chi connectivity index (χ2v) is 7.46. The number of hydrogen-bond acceptors (Lipinski definition) is 7. The van der Waals surface area contributed by atoms with Gasteiger partial charge in [-0.05, 0) is 29.8 Å². The first-order chi connectivity index (χ1) is 11.8. The summed E-state index contributed by atoms with van der Waals surface area (Å²) < 4.78 is 26.9. The van der Waals surface area contributed by atoms with E-state index < -0.39 is 10.0 Å². The molecule has 25 heavy (non-hydrogen) atoms. The third-order valence-electron chi connectivity index (χ3n) is 3.76. The summed E-state index contributed by atoms with van der Waals surface area (Å²) in [6.07, 6.45) is 1.32. The van der Waals surface area contributed by atoms with E-state index in [4.69, 9.17) is 27.7 Å². The maximum absolute atomic E-state index is 13.0. The smallest absolute Gasteiger partial charge is 0.268 e. The van der Waals surface area contributed by atoms with Gasteiger partial charge in [0.15, 0.2) is 0 Å². The highest BCUT2D eigenvalue weighted by atomic mass is 35.5. The van der Waals surface area contributed by atoms with E-state index in [9.17, 15) is 13.5 Å². The molecule has 0 radical (unpaired) electrons. The standard InChI is InChI=1S/C15H14ClN3O5S/c16-12-5-4-10(6-13(12)19(21)22)25(23,24)18-8-9(7-17)11-2-1-3-14(20)15(11)18/h1-6,8,20-22H,7,17H2. The Hall–Kier alpha value is -2.30. The zero-order chi connectivity index (χ0) is 18.4. The van der Waals surface area contributed by atoms with Gasteiger partial charge in [0.25, 0.3) is 10.0 Å². The molecular formula is C15H14ClN3O5S. The summed E-state index contributed by atoms with van der Waals surface area (Å²) >= 11 is 5.81. The quantitative estimate of drug-likeness (QED) is 0.508. The minimum absolute atomic E-state index is 0.0493. The Kier molecular flexibility index (Phi) is 4.35. The molecule has 2 aromatic carbocycles. The molecule has 10 heteroatoms. The Labute approximate surface area is 147 Å². The summed E-state index contributed by atoms with van der Waals surface area (Å²) in [7, 11) is -4.16. The lowest BCUT2D eigenvalue weighted by Crippen LogP contribution is -2.15. The van der Waals surface area contributed by atoms with Crippen molar-refractivity contribution in [1.29, 1.82) is 0 Å². The number of aromatic hydroxyl groups is 1. The molecule has 5 N–H and O–H groups in total. The van der Waals surface area contributed by atoms with Crippen molar-refractivity contribution in [1.82, 2.24) is 3.97 Å². The number of para-hydroxylation sites is 1. The lowest BCUT2D eigenvalue weighted by molar-refractivity contribution is 0.0291. The molecule has 0 amide bonds. The highest BCUT2D eigenvalue weighted by Crippen LogP contribution is 2.33. The SMILES string of the molecule is NCc1cn(S(=O)(=O)c2ccc(Cl)c(N(O)O)c2)c2c(O)cccc12. The van der Waals surface area contributed by atoms with Crippen LogP contribution in [0.15, 0.2) is 47.5 Å². The van der Waals surface area contributed by atoms with Gasteiger partial charge in [0.2, 0.25) is 0 Å². The zero-order valence-electron chi connectivity index (χ0n) is 12.7. The fourth-order valence-corrected chi connectivity index (χ4v) is 4.19. The maximum atomic E-state index is 13.0. The van der Waals surface area contributed by atoms with Gasteiger partial charge in [0.05, 0.1) is 9.92 Å². The topological polar surface area (TPSA) is 129 Å². The van der Waals surface area contributed by atoms with Crippen LogP contribution in [0.1, 0.15) is 5.56 Å². The first-order valence-electron chi connectivity index (χ1n) is 7.02. The third-order valence-corrected chi connectivity index (χ3v) is 5.74. The van der Waals surface area contributed by atoms with Crippen molar-refractivity contribution < 1.29 is 23.9 Å². The summed E-state index contributed by atoms with van der Waals surface area (Å²) in [6, 6.07) is 8.05. The molecule has 0 aliphatic heterocycles. The number of anilines is 1. The molecule has 0 saturated heterocycles. The molecule has 0 bridgehead atoms. The van der Waals surface area contributed by atoms with Crippen LogP contribution in [0.2, 0.25) is 5.02 Å². The van der Waals surface area contributed by atoms with Gasteiger partial charge < -0.3 is 10.8 Å². The molecule has 0 unspecified atom stereocenters. The lowest BCUT2D eigenvalue weighted by atomic mass is 10.2. The van der Waals surface area contributed by atoms with Crippen LogP contribution in [0.25, 0.3) is 10.9 Å². The van der Waals surface area contributed by atoms with Gasteiger partial charge >= 0.3 is 0 Å². The predicted octanol–water partition coefficient (Wildman–Crippen LogP) is 2.28. The Morgan fingerprint density at radius 1 is 1.20 bits per heavy atom. The van der Waals surface area contributed by atoms with Crippen LogP contribution < -0.4 is 11.0 Å². The van der Waals surface area contributed by atoms with Crippen molar-refractivity contribution in [3.63, 3.8) is 0 Å². The van der Waals surface area contributed by atoms with Gasteiger partial charge in [0, 0.05) is 18.1 Å². The number of nitrogens with zero attached hydrogens (tertiary/aromatic N) is 2. The van der Waals surface area contributed by atoms with Crippen molar-refractivity contribution in [2.75, 3.05) is 5.23 Å². The first-order valence-corrected chi connectivity index (χ1v) is 8.84. The summed E-state index contributed by atoms with van der Waals surface area (Å²) in [6.45, 7) is 0.0788. The second kappa shape index (κ2) is 6.21. The number of benzene rings is 2. The molecule has 3 rings (SSSR count). The van der Waals surface area contributed by atoms with E-state index in [-0.39, 0.29) is 38.6 Å². The van der Waals surface area contributed by atoms with Crippen LogP contribution in [-0.4, -0.2) is 27.9 Å². The zero-order valence-corrected chi connectivity index (χ0v) is 14.2. The number of phenols is 1. The third kappa shape index (κ3) is 2.81. The number of nitrogens with two attached hydrogens (primary N) is 1. The molecule has 0 atom stereocenters. The normalized spacial score (nSPS) is 11.8. The number of phenolic OH excluding ortho intramolecular Hbond substituents is 1. The van der Waals surface area contributed by atoms with Crippen LogP contribution >= 0.6 is 11.6 Å². The molecule has 3 aromatic rings. The number of hydrogen-bond donors (Lipinski definition) is 4. The minimum Gasteiger partial charge on any atom is -0.506 e. The Bertz CT molecular complexity index is 1060. The Balaban J connectivity index is 2.29. The lowest BCUT2D eigenvalue weighted by Gasteiger charge is -2.13.